The van der Waals surface area contributed by atoms with Gasteiger partial charge in [0.25, 0.3) is 0 Å². The summed E-state index contributed by atoms with van der Waals surface area (Å²) in [6.07, 6.45) is 1.51. The lowest BCUT2D eigenvalue weighted by atomic mass is 10.2. The fraction of sp³-hybridized carbons (Fsp3) is 0.385. The van der Waals surface area contributed by atoms with Crippen molar-refractivity contribution in [3.63, 3.8) is 0 Å². The standard InChI is InChI=1S/C13H17N3O2/c1-13(2,3)18-12(17)9-4-8-5-10(6-14)16-11(8)15-7-9/h4-5,7H,6,14H2,1-3H3,(H,15,16). The Kier molecular flexibility index (Phi) is 3.09. The number of esters is 1. The van der Waals surface area contributed by atoms with Gasteiger partial charge in [0.2, 0.25) is 0 Å². The van der Waals surface area contributed by atoms with Crippen molar-refractivity contribution >= 4 is 17.0 Å². The summed E-state index contributed by atoms with van der Waals surface area (Å²) in [6.45, 7) is 5.91. The van der Waals surface area contributed by atoms with Crippen LogP contribution < -0.4 is 5.73 Å². The first-order valence-electron chi connectivity index (χ1n) is 5.80. The van der Waals surface area contributed by atoms with Crippen LogP contribution in [-0.4, -0.2) is 21.5 Å². The summed E-state index contributed by atoms with van der Waals surface area (Å²) in [5.41, 5.74) is 7.09. The number of nitrogens with one attached hydrogen (secondary N) is 1. The number of aromatic amines is 1. The average Bonchev–Trinajstić information content (AvgIpc) is 2.68. The Labute approximate surface area is 105 Å². The van der Waals surface area contributed by atoms with Gasteiger partial charge in [-0.3, -0.25) is 0 Å². The second-order valence-electron chi connectivity index (χ2n) is 5.16. The molecular weight excluding hydrogens is 230 g/mol. The van der Waals surface area contributed by atoms with Gasteiger partial charge in [-0.15, -0.1) is 0 Å². The molecule has 0 aliphatic heterocycles. The summed E-state index contributed by atoms with van der Waals surface area (Å²) in [4.78, 5) is 19.1. The normalized spacial score (nSPS) is 11.8. The predicted octanol–water partition coefficient (Wildman–Crippen LogP) is 1.98. The molecule has 2 aromatic heterocycles. The lowest BCUT2D eigenvalue weighted by molar-refractivity contribution is 0.00693. The number of nitrogens with two attached hydrogens (primary N) is 1. The van der Waals surface area contributed by atoms with E-state index in [4.69, 9.17) is 10.5 Å². The first kappa shape index (κ1) is 12.6. The van der Waals surface area contributed by atoms with Gasteiger partial charge in [-0.25, -0.2) is 9.78 Å². The van der Waals surface area contributed by atoms with Gasteiger partial charge in [0, 0.05) is 23.8 Å². The Hall–Kier alpha value is -1.88. The van der Waals surface area contributed by atoms with E-state index in [0.29, 0.717) is 12.1 Å². The third-order valence-electron chi connectivity index (χ3n) is 2.38. The quantitative estimate of drug-likeness (QED) is 0.795. The van der Waals surface area contributed by atoms with Gasteiger partial charge in [0.1, 0.15) is 11.2 Å². The first-order valence-corrected chi connectivity index (χ1v) is 5.80. The smallest absolute Gasteiger partial charge is 0.340 e. The number of aromatic nitrogens is 2. The summed E-state index contributed by atoms with van der Waals surface area (Å²) in [7, 11) is 0. The number of hydrogen-bond acceptors (Lipinski definition) is 4. The van der Waals surface area contributed by atoms with E-state index in [9.17, 15) is 4.79 Å². The van der Waals surface area contributed by atoms with E-state index in [0.717, 1.165) is 16.7 Å². The number of hydrogen-bond donors (Lipinski definition) is 2. The molecular formula is C13H17N3O2. The van der Waals surface area contributed by atoms with Crippen molar-refractivity contribution < 1.29 is 9.53 Å². The number of rotatable bonds is 2. The van der Waals surface area contributed by atoms with Crippen LogP contribution in [0.25, 0.3) is 11.0 Å². The summed E-state index contributed by atoms with van der Waals surface area (Å²) >= 11 is 0. The highest BCUT2D eigenvalue weighted by Gasteiger charge is 2.18. The molecule has 0 saturated carbocycles. The molecule has 0 bridgehead atoms. The molecule has 0 unspecified atom stereocenters. The van der Waals surface area contributed by atoms with Gasteiger partial charge < -0.3 is 15.5 Å². The summed E-state index contributed by atoms with van der Waals surface area (Å²) < 4.78 is 5.29. The fourth-order valence-electron chi connectivity index (χ4n) is 1.63. The van der Waals surface area contributed by atoms with E-state index in [1.807, 2.05) is 26.8 Å². The molecule has 0 amide bonds. The van der Waals surface area contributed by atoms with E-state index in [1.54, 1.807) is 6.07 Å². The number of pyridine rings is 1. The van der Waals surface area contributed by atoms with Gasteiger partial charge in [-0.05, 0) is 32.9 Å². The summed E-state index contributed by atoms with van der Waals surface area (Å²) in [5.74, 6) is -0.368. The molecule has 0 radical (unpaired) electrons. The lowest BCUT2D eigenvalue weighted by Gasteiger charge is -2.19. The van der Waals surface area contributed by atoms with Crippen molar-refractivity contribution in [1.82, 2.24) is 9.97 Å². The van der Waals surface area contributed by atoms with Gasteiger partial charge >= 0.3 is 5.97 Å². The number of carbonyl (C=O) groups is 1. The van der Waals surface area contributed by atoms with Gasteiger partial charge in [0.05, 0.1) is 5.56 Å². The zero-order valence-electron chi connectivity index (χ0n) is 10.8. The molecule has 0 atom stereocenters. The number of fused-ring (bicyclic) bond motifs is 1. The largest absolute Gasteiger partial charge is 0.456 e. The molecule has 3 N–H and O–H groups in total. The van der Waals surface area contributed by atoms with Crippen LogP contribution in [0.2, 0.25) is 0 Å². The maximum atomic E-state index is 11.9. The average molecular weight is 247 g/mol. The van der Waals surface area contributed by atoms with Crippen LogP contribution in [0.5, 0.6) is 0 Å². The van der Waals surface area contributed by atoms with Crippen LogP contribution in [0.3, 0.4) is 0 Å². The minimum absolute atomic E-state index is 0.368. The molecule has 0 spiro atoms. The van der Waals surface area contributed by atoms with E-state index in [2.05, 4.69) is 9.97 Å². The molecule has 0 fully saturated rings. The summed E-state index contributed by atoms with van der Waals surface area (Å²) in [6, 6.07) is 3.64. The Balaban J connectivity index is 2.32. The predicted molar refractivity (Wildman–Crippen MR) is 69.2 cm³/mol. The third-order valence-corrected chi connectivity index (χ3v) is 2.38. The van der Waals surface area contributed by atoms with Crippen molar-refractivity contribution in [3.05, 3.63) is 29.6 Å². The van der Waals surface area contributed by atoms with Crippen LogP contribution in [0, 0.1) is 0 Å². The molecule has 2 aromatic rings. The van der Waals surface area contributed by atoms with Crippen LogP contribution in [-0.2, 0) is 11.3 Å². The van der Waals surface area contributed by atoms with Crippen LogP contribution in [0.4, 0.5) is 0 Å². The molecule has 18 heavy (non-hydrogen) atoms. The third kappa shape index (κ3) is 2.68. The topological polar surface area (TPSA) is 81.0 Å². The molecule has 2 rings (SSSR count). The molecule has 0 aromatic carbocycles. The van der Waals surface area contributed by atoms with Crippen molar-refractivity contribution in [2.24, 2.45) is 5.73 Å². The molecule has 5 nitrogen and oxygen atoms in total. The molecule has 0 saturated heterocycles. The second-order valence-corrected chi connectivity index (χ2v) is 5.16. The SMILES string of the molecule is CC(C)(C)OC(=O)c1cnc2[nH]c(CN)cc2c1. The van der Waals surface area contributed by atoms with Crippen molar-refractivity contribution in [1.29, 1.82) is 0 Å². The van der Waals surface area contributed by atoms with E-state index in [-0.39, 0.29) is 5.97 Å². The molecule has 5 heteroatoms. The van der Waals surface area contributed by atoms with E-state index >= 15 is 0 Å². The molecule has 2 heterocycles. The summed E-state index contributed by atoms with van der Waals surface area (Å²) in [5, 5.41) is 0.860. The highest BCUT2D eigenvalue weighted by Crippen LogP contribution is 2.17. The highest BCUT2D eigenvalue weighted by molar-refractivity contribution is 5.93. The maximum Gasteiger partial charge on any atom is 0.340 e. The van der Waals surface area contributed by atoms with Crippen LogP contribution >= 0.6 is 0 Å². The van der Waals surface area contributed by atoms with Crippen molar-refractivity contribution in [2.45, 2.75) is 32.9 Å². The number of H-pyrrole nitrogens is 1. The number of ether oxygens (including phenoxy) is 1. The molecule has 0 aliphatic rings. The zero-order chi connectivity index (χ0) is 13.3. The Morgan fingerprint density at radius 2 is 2.17 bits per heavy atom. The van der Waals surface area contributed by atoms with Gasteiger partial charge in [-0.2, -0.15) is 0 Å². The van der Waals surface area contributed by atoms with E-state index in [1.165, 1.54) is 6.20 Å². The Morgan fingerprint density at radius 3 is 2.78 bits per heavy atom. The monoisotopic (exact) mass is 247 g/mol. The zero-order valence-corrected chi connectivity index (χ0v) is 10.8. The van der Waals surface area contributed by atoms with Gasteiger partial charge in [0.15, 0.2) is 0 Å². The Morgan fingerprint density at radius 1 is 1.44 bits per heavy atom. The molecule has 96 valence electrons. The van der Waals surface area contributed by atoms with E-state index < -0.39 is 5.60 Å². The minimum Gasteiger partial charge on any atom is -0.456 e. The minimum atomic E-state index is -0.507. The maximum absolute atomic E-state index is 11.9. The van der Waals surface area contributed by atoms with Crippen LogP contribution in [0.1, 0.15) is 36.8 Å². The van der Waals surface area contributed by atoms with Crippen molar-refractivity contribution in [2.75, 3.05) is 0 Å². The highest BCUT2D eigenvalue weighted by atomic mass is 16.6. The first-order chi connectivity index (χ1) is 8.39. The fourth-order valence-corrected chi connectivity index (χ4v) is 1.63. The lowest BCUT2D eigenvalue weighted by Crippen LogP contribution is -2.23. The number of carbonyl (C=O) groups excluding carboxylic acids is 1. The second kappa shape index (κ2) is 4.42. The molecule has 0 aliphatic carbocycles. The van der Waals surface area contributed by atoms with Crippen LogP contribution in [0.15, 0.2) is 18.3 Å². The van der Waals surface area contributed by atoms with Crippen molar-refractivity contribution in [3.8, 4) is 0 Å². The van der Waals surface area contributed by atoms with Gasteiger partial charge in [-0.1, -0.05) is 0 Å². The number of nitrogens with zero attached hydrogens (tertiary/aromatic N) is 1. The Bertz CT molecular complexity index is 581.